The molecule has 1 aliphatic rings. The van der Waals surface area contributed by atoms with Gasteiger partial charge in [0.2, 0.25) is 0 Å². The zero-order valence-electron chi connectivity index (χ0n) is 15.9. The van der Waals surface area contributed by atoms with Crippen LogP contribution in [0.3, 0.4) is 0 Å². The van der Waals surface area contributed by atoms with Crippen LogP contribution in [0.5, 0.6) is 0 Å². The van der Waals surface area contributed by atoms with Crippen LogP contribution in [-0.4, -0.2) is 21.5 Å². The number of furan rings is 1. The van der Waals surface area contributed by atoms with Crippen molar-refractivity contribution in [2.24, 2.45) is 0 Å². The number of pyridine rings is 1. The van der Waals surface area contributed by atoms with Crippen molar-refractivity contribution < 1.29 is 4.42 Å². The summed E-state index contributed by atoms with van der Waals surface area (Å²) in [7, 11) is 0. The molecule has 3 heterocycles. The molecule has 1 aromatic carbocycles. The summed E-state index contributed by atoms with van der Waals surface area (Å²) in [6.07, 6.45) is 3.94. The monoisotopic (exact) mass is 445 g/mol. The van der Waals surface area contributed by atoms with Gasteiger partial charge in [-0.3, -0.25) is 4.98 Å². The minimum Gasteiger partial charge on any atom is -0.459 e. The predicted octanol–water partition coefficient (Wildman–Crippen LogP) is 6.42. The van der Waals surface area contributed by atoms with Crippen LogP contribution in [-0.2, 0) is 0 Å². The molecule has 0 bridgehead atoms. The summed E-state index contributed by atoms with van der Waals surface area (Å²) in [4.78, 5) is 6.75. The van der Waals surface area contributed by atoms with Crippen molar-refractivity contribution >= 4 is 40.5 Å². The van der Waals surface area contributed by atoms with Gasteiger partial charge in [-0.25, -0.2) is 0 Å². The van der Waals surface area contributed by atoms with Gasteiger partial charge in [0.05, 0.1) is 21.8 Å². The summed E-state index contributed by atoms with van der Waals surface area (Å²) in [5.41, 5.74) is 1.82. The molecule has 0 amide bonds. The molecular formula is C22H21Cl2N3OS. The summed E-state index contributed by atoms with van der Waals surface area (Å²) >= 11 is 17.9. The second kappa shape index (κ2) is 8.74. The average Bonchev–Trinajstić information content (AvgIpc) is 3.34. The number of benzene rings is 1. The first-order valence-corrected chi connectivity index (χ1v) is 10.8. The minimum absolute atomic E-state index is 0.0690. The minimum atomic E-state index is -0.0756. The van der Waals surface area contributed by atoms with E-state index >= 15 is 0 Å². The van der Waals surface area contributed by atoms with Crippen molar-refractivity contribution in [1.29, 1.82) is 0 Å². The molecule has 4 rings (SSSR count). The molecule has 0 spiro atoms. The fourth-order valence-electron chi connectivity index (χ4n) is 3.60. The van der Waals surface area contributed by atoms with Crippen LogP contribution in [0, 0.1) is 0 Å². The number of unbranched alkanes of at least 4 members (excludes halogenated alkanes) is 1. The molecule has 1 saturated heterocycles. The summed E-state index contributed by atoms with van der Waals surface area (Å²) in [6, 6.07) is 15.2. The summed E-state index contributed by atoms with van der Waals surface area (Å²) < 4.78 is 6.29. The maximum atomic E-state index is 6.29. The lowest BCUT2D eigenvalue weighted by Gasteiger charge is -2.25. The number of nitrogens with one attached hydrogen (secondary N) is 1. The molecule has 7 heteroatoms. The Balaban J connectivity index is 1.71. The molecule has 0 unspecified atom stereocenters. The molecule has 1 N–H and O–H groups in total. The third-order valence-corrected chi connectivity index (χ3v) is 6.16. The van der Waals surface area contributed by atoms with Gasteiger partial charge in [-0.1, -0.05) is 42.6 Å². The van der Waals surface area contributed by atoms with E-state index in [-0.39, 0.29) is 12.1 Å². The van der Waals surface area contributed by atoms with Crippen molar-refractivity contribution in [2.75, 3.05) is 6.54 Å². The SMILES string of the molecule is CCCCN1C(=S)N[C@@H](c2ccccn2)[C@H]1c1ccc(-c2ccc(Cl)c(Cl)c2)o1. The molecule has 2 aromatic heterocycles. The second-order valence-electron chi connectivity index (χ2n) is 7.00. The highest BCUT2D eigenvalue weighted by Crippen LogP contribution is 2.41. The molecule has 0 saturated carbocycles. The van der Waals surface area contributed by atoms with E-state index in [1.54, 1.807) is 12.3 Å². The molecule has 1 fully saturated rings. The lowest BCUT2D eigenvalue weighted by Crippen LogP contribution is -2.30. The Morgan fingerprint density at radius 3 is 2.72 bits per heavy atom. The largest absolute Gasteiger partial charge is 0.459 e. The first-order valence-electron chi connectivity index (χ1n) is 9.61. The van der Waals surface area contributed by atoms with Gasteiger partial charge in [-0.15, -0.1) is 0 Å². The quantitative estimate of drug-likeness (QED) is 0.443. The highest BCUT2D eigenvalue weighted by molar-refractivity contribution is 7.80. The Bertz CT molecular complexity index is 1010. The molecule has 29 heavy (non-hydrogen) atoms. The van der Waals surface area contributed by atoms with Gasteiger partial charge in [0, 0.05) is 18.3 Å². The standard InChI is InChI=1S/C22H21Cl2N3OS/c1-2-3-12-27-21(20(26-22(27)29)17-6-4-5-11-25-17)19-10-9-18(28-19)14-7-8-15(23)16(24)13-14/h4-11,13,20-21H,2-3,12H2,1H3,(H,26,29)/t20-,21+/m0/s1. The van der Waals surface area contributed by atoms with Crippen molar-refractivity contribution in [2.45, 2.75) is 31.8 Å². The van der Waals surface area contributed by atoms with Crippen LogP contribution in [0.1, 0.15) is 43.3 Å². The van der Waals surface area contributed by atoms with E-state index in [1.165, 1.54) is 0 Å². The van der Waals surface area contributed by atoms with Crippen LogP contribution >= 0.6 is 35.4 Å². The molecule has 0 radical (unpaired) electrons. The number of nitrogens with zero attached hydrogens (tertiary/aromatic N) is 2. The van der Waals surface area contributed by atoms with Crippen molar-refractivity contribution in [1.82, 2.24) is 15.2 Å². The highest BCUT2D eigenvalue weighted by Gasteiger charge is 2.41. The summed E-state index contributed by atoms with van der Waals surface area (Å²) in [5, 5.41) is 5.19. The van der Waals surface area contributed by atoms with Crippen LogP contribution in [0.25, 0.3) is 11.3 Å². The van der Waals surface area contributed by atoms with Crippen molar-refractivity contribution in [3.05, 3.63) is 76.2 Å². The summed E-state index contributed by atoms with van der Waals surface area (Å²) in [6.45, 7) is 3.03. The smallest absolute Gasteiger partial charge is 0.170 e. The Morgan fingerprint density at radius 2 is 2.00 bits per heavy atom. The van der Waals surface area contributed by atoms with Crippen LogP contribution < -0.4 is 5.32 Å². The van der Waals surface area contributed by atoms with E-state index in [9.17, 15) is 0 Å². The van der Waals surface area contributed by atoms with E-state index in [2.05, 4.69) is 22.1 Å². The zero-order valence-corrected chi connectivity index (χ0v) is 18.3. The number of rotatable bonds is 6. The molecule has 150 valence electrons. The van der Waals surface area contributed by atoms with Gasteiger partial charge in [-0.2, -0.15) is 0 Å². The number of aromatic nitrogens is 1. The molecule has 1 aliphatic heterocycles. The number of hydrogen-bond donors (Lipinski definition) is 1. The van der Waals surface area contributed by atoms with E-state index in [1.807, 2.05) is 42.5 Å². The van der Waals surface area contributed by atoms with Gasteiger partial charge in [0.15, 0.2) is 5.11 Å². The summed E-state index contributed by atoms with van der Waals surface area (Å²) in [5.74, 6) is 1.58. The Kier molecular flexibility index (Phi) is 6.09. The molecule has 0 aliphatic carbocycles. The third-order valence-electron chi connectivity index (χ3n) is 5.07. The van der Waals surface area contributed by atoms with Crippen LogP contribution in [0.4, 0.5) is 0 Å². The molecule has 4 nitrogen and oxygen atoms in total. The zero-order chi connectivity index (χ0) is 20.4. The second-order valence-corrected chi connectivity index (χ2v) is 8.21. The fourth-order valence-corrected chi connectivity index (χ4v) is 4.23. The number of thiocarbonyl (C=S) groups is 1. The van der Waals surface area contributed by atoms with E-state index in [0.717, 1.165) is 47.3 Å². The van der Waals surface area contributed by atoms with Crippen molar-refractivity contribution in [3.8, 4) is 11.3 Å². The van der Waals surface area contributed by atoms with E-state index < -0.39 is 0 Å². The van der Waals surface area contributed by atoms with Gasteiger partial charge >= 0.3 is 0 Å². The van der Waals surface area contributed by atoms with Gasteiger partial charge in [-0.05, 0) is 61.1 Å². The Hall–Kier alpha value is -2.08. The Morgan fingerprint density at radius 1 is 1.14 bits per heavy atom. The first kappa shape index (κ1) is 20.2. The highest BCUT2D eigenvalue weighted by atomic mass is 35.5. The van der Waals surface area contributed by atoms with E-state index in [4.69, 9.17) is 39.8 Å². The number of halogens is 2. The maximum Gasteiger partial charge on any atom is 0.170 e. The van der Waals surface area contributed by atoms with Crippen LogP contribution in [0.2, 0.25) is 10.0 Å². The van der Waals surface area contributed by atoms with Gasteiger partial charge in [0.1, 0.15) is 17.6 Å². The lowest BCUT2D eigenvalue weighted by molar-refractivity contribution is 0.271. The molecule has 3 aromatic rings. The normalized spacial score (nSPS) is 18.9. The Labute approximate surface area is 185 Å². The van der Waals surface area contributed by atoms with Gasteiger partial charge in [0.25, 0.3) is 0 Å². The molecule has 2 atom stereocenters. The maximum absolute atomic E-state index is 6.29. The first-order chi connectivity index (χ1) is 14.1. The lowest BCUT2D eigenvalue weighted by atomic mass is 10.0. The number of hydrogen-bond acceptors (Lipinski definition) is 3. The topological polar surface area (TPSA) is 41.3 Å². The molecular weight excluding hydrogens is 425 g/mol. The fraction of sp³-hybridized carbons (Fsp3) is 0.273. The average molecular weight is 446 g/mol. The van der Waals surface area contributed by atoms with Crippen LogP contribution in [0.15, 0.2) is 59.1 Å². The third kappa shape index (κ3) is 4.13. The predicted molar refractivity (Wildman–Crippen MR) is 121 cm³/mol. The van der Waals surface area contributed by atoms with Gasteiger partial charge < -0.3 is 14.6 Å². The van der Waals surface area contributed by atoms with E-state index in [0.29, 0.717) is 10.0 Å². The van der Waals surface area contributed by atoms with Crippen molar-refractivity contribution in [3.63, 3.8) is 0 Å².